The summed E-state index contributed by atoms with van der Waals surface area (Å²) >= 11 is 3.41. The second-order valence-corrected chi connectivity index (χ2v) is 6.69. The van der Waals surface area contributed by atoms with Gasteiger partial charge in [0.05, 0.1) is 6.54 Å². The van der Waals surface area contributed by atoms with E-state index in [0.717, 1.165) is 21.3 Å². The number of hydrogen-bond acceptors (Lipinski definition) is 2. The Bertz CT molecular complexity index is 757. The average Bonchev–Trinajstić information content (AvgIpc) is 2.60. The zero-order valence-corrected chi connectivity index (χ0v) is 16.3. The molecule has 2 rings (SSSR count). The zero-order valence-electron chi connectivity index (χ0n) is 14.7. The zero-order chi connectivity index (χ0) is 18.2. The Morgan fingerprint density at radius 1 is 1.08 bits per heavy atom. The van der Waals surface area contributed by atoms with Crippen LogP contribution < -0.4 is 16.0 Å². The molecule has 0 bridgehead atoms. The highest BCUT2D eigenvalue weighted by molar-refractivity contribution is 9.10. The number of halogens is 1. The van der Waals surface area contributed by atoms with E-state index >= 15 is 0 Å². The minimum atomic E-state index is -0.125. The maximum Gasteiger partial charge on any atom is 0.243 e. The highest BCUT2D eigenvalue weighted by Gasteiger charge is 2.07. The fourth-order valence-electron chi connectivity index (χ4n) is 2.20. The standard InChI is InChI=1S/C19H23BrN4O/c1-13-4-7-15(8-5-13)11-22-19(21-3)23-12-18(25)24-17-10-16(20)9-6-14(17)2/h4-10H,11-12H2,1-3H3,(H,24,25)(H2,21,22,23). The summed E-state index contributed by atoms with van der Waals surface area (Å²) in [4.78, 5) is 16.3. The van der Waals surface area contributed by atoms with Gasteiger partial charge >= 0.3 is 0 Å². The molecule has 0 unspecified atom stereocenters. The number of rotatable bonds is 5. The number of guanidine groups is 1. The van der Waals surface area contributed by atoms with Gasteiger partial charge in [-0.1, -0.05) is 51.8 Å². The maximum absolute atomic E-state index is 12.1. The van der Waals surface area contributed by atoms with Gasteiger partial charge < -0.3 is 16.0 Å². The molecule has 0 heterocycles. The minimum Gasteiger partial charge on any atom is -0.352 e. The van der Waals surface area contributed by atoms with Crippen LogP contribution in [0.5, 0.6) is 0 Å². The van der Waals surface area contributed by atoms with Crippen LogP contribution >= 0.6 is 15.9 Å². The molecule has 0 aliphatic heterocycles. The van der Waals surface area contributed by atoms with Gasteiger partial charge in [-0.3, -0.25) is 9.79 Å². The minimum absolute atomic E-state index is 0.125. The lowest BCUT2D eigenvalue weighted by Crippen LogP contribution is -2.41. The molecular weight excluding hydrogens is 380 g/mol. The van der Waals surface area contributed by atoms with E-state index in [9.17, 15) is 4.79 Å². The van der Waals surface area contributed by atoms with Crippen LogP contribution in [-0.4, -0.2) is 25.5 Å². The first-order valence-corrected chi connectivity index (χ1v) is 8.83. The summed E-state index contributed by atoms with van der Waals surface area (Å²) in [5.41, 5.74) is 4.19. The van der Waals surface area contributed by atoms with Crippen LogP contribution in [0.4, 0.5) is 5.69 Å². The summed E-state index contributed by atoms with van der Waals surface area (Å²) in [6.07, 6.45) is 0. The molecule has 1 amide bonds. The fraction of sp³-hybridized carbons (Fsp3) is 0.263. The Morgan fingerprint density at radius 2 is 1.80 bits per heavy atom. The Labute approximate surface area is 157 Å². The van der Waals surface area contributed by atoms with Gasteiger partial charge in [0.1, 0.15) is 0 Å². The van der Waals surface area contributed by atoms with E-state index < -0.39 is 0 Å². The molecule has 132 valence electrons. The summed E-state index contributed by atoms with van der Waals surface area (Å²) in [7, 11) is 1.68. The van der Waals surface area contributed by atoms with Crippen molar-refractivity contribution < 1.29 is 4.79 Å². The van der Waals surface area contributed by atoms with E-state index in [1.165, 1.54) is 5.56 Å². The molecule has 0 fully saturated rings. The molecule has 0 aliphatic rings. The second kappa shape index (κ2) is 9.22. The molecule has 3 N–H and O–H groups in total. The Kier molecular flexibility index (Phi) is 7.01. The predicted molar refractivity (Wildman–Crippen MR) is 107 cm³/mol. The van der Waals surface area contributed by atoms with Crippen LogP contribution in [0.25, 0.3) is 0 Å². The first-order valence-electron chi connectivity index (χ1n) is 8.04. The van der Waals surface area contributed by atoms with Crippen molar-refractivity contribution in [1.29, 1.82) is 0 Å². The van der Waals surface area contributed by atoms with Gasteiger partial charge in [-0.05, 0) is 37.1 Å². The average molecular weight is 403 g/mol. The molecular formula is C19H23BrN4O. The van der Waals surface area contributed by atoms with Crippen molar-refractivity contribution >= 4 is 33.5 Å². The second-order valence-electron chi connectivity index (χ2n) is 5.77. The van der Waals surface area contributed by atoms with E-state index in [0.29, 0.717) is 12.5 Å². The highest BCUT2D eigenvalue weighted by atomic mass is 79.9. The number of nitrogens with one attached hydrogen (secondary N) is 3. The quantitative estimate of drug-likeness (QED) is 0.530. The van der Waals surface area contributed by atoms with Crippen LogP contribution in [0, 0.1) is 13.8 Å². The van der Waals surface area contributed by atoms with Crippen molar-refractivity contribution in [3.63, 3.8) is 0 Å². The maximum atomic E-state index is 12.1. The molecule has 0 radical (unpaired) electrons. The normalized spacial score (nSPS) is 11.1. The van der Waals surface area contributed by atoms with E-state index in [1.807, 2.05) is 25.1 Å². The molecule has 0 saturated heterocycles. The molecule has 0 spiro atoms. The van der Waals surface area contributed by atoms with Crippen LogP contribution in [-0.2, 0) is 11.3 Å². The number of carbonyl (C=O) groups excluding carboxylic acids is 1. The first kappa shape index (κ1) is 19.0. The lowest BCUT2D eigenvalue weighted by Gasteiger charge is -2.13. The van der Waals surface area contributed by atoms with Crippen molar-refractivity contribution in [2.45, 2.75) is 20.4 Å². The Balaban J connectivity index is 1.82. The summed E-state index contributed by atoms with van der Waals surface area (Å²) in [6.45, 7) is 4.80. The lowest BCUT2D eigenvalue weighted by atomic mass is 10.1. The summed E-state index contributed by atoms with van der Waals surface area (Å²) < 4.78 is 0.928. The molecule has 2 aromatic rings. The summed E-state index contributed by atoms with van der Waals surface area (Å²) in [5.74, 6) is 0.459. The molecule has 5 nitrogen and oxygen atoms in total. The number of hydrogen-bond donors (Lipinski definition) is 3. The van der Waals surface area contributed by atoms with Gasteiger partial charge in [0, 0.05) is 23.8 Å². The Hall–Kier alpha value is -2.34. The van der Waals surface area contributed by atoms with E-state index in [1.54, 1.807) is 7.05 Å². The van der Waals surface area contributed by atoms with Gasteiger partial charge in [-0.2, -0.15) is 0 Å². The largest absolute Gasteiger partial charge is 0.352 e. The van der Waals surface area contributed by atoms with E-state index in [2.05, 4.69) is 68.1 Å². The molecule has 0 aromatic heterocycles. The highest BCUT2D eigenvalue weighted by Crippen LogP contribution is 2.20. The van der Waals surface area contributed by atoms with Gasteiger partial charge in [-0.25, -0.2) is 0 Å². The summed E-state index contributed by atoms with van der Waals surface area (Å²) in [5, 5.41) is 9.11. The topological polar surface area (TPSA) is 65.5 Å². The number of aryl methyl sites for hydroxylation is 2. The number of aliphatic imine (C=N–C) groups is 1. The SMILES string of the molecule is CN=C(NCC(=O)Nc1cc(Br)ccc1C)NCc1ccc(C)cc1. The number of carbonyl (C=O) groups is 1. The number of anilines is 1. The van der Waals surface area contributed by atoms with Gasteiger partial charge in [0.25, 0.3) is 0 Å². The van der Waals surface area contributed by atoms with Crippen molar-refractivity contribution in [3.8, 4) is 0 Å². The van der Waals surface area contributed by atoms with Crippen molar-refractivity contribution in [1.82, 2.24) is 10.6 Å². The lowest BCUT2D eigenvalue weighted by molar-refractivity contribution is -0.115. The molecule has 2 aromatic carbocycles. The Morgan fingerprint density at radius 3 is 2.48 bits per heavy atom. The molecule has 25 heavy (non-hydrogen) atoms. The van der Waals surface area contributed by atoms with E-state index in [-0.39, 0.29) is 12.5 Å². The third-order valence-corrected chi connectivity index (χ3v) is 4.19. The molecule has 0 aliphatic carbocycles. The third kappa shape index (κ3) is 6.23. The fourth-order valence-corrected chi connectivity index (χ4v) is 2.56. The van der Waals surface area contributed by atoms with E-state index in [4.69, 9.17) is 0 Å². The number of nitrogens with zero attached hydrogens (tertiary/aromatic N) is 1. The smallest absolute Gasteiger partial charge is 0.243 e. The van der Waals surface area contributed by atoms with Gasteiger partial charge in [0.2, 0.25) is 5.91 Å². The summed E-state index contributed by atoms with van der Waals surface area (Å²) in [6, 6.07) is 14.1. The van der Waals surface area contributed by atoms with Crippen molar-refractivity contribution in [2.24, 2.45) is 4.99 Å². The number of benzene rings is 2. The van der Waals surface area contributed by atoms with Crippen LogP contribution in [0.1, 0.15) is 16.7 Å². The first-order chi connectivity index (χ1) is 12.0. The predicted octanol–water partition coefficient (Wildman–Crippen LogP) is 3.37. The number of amides is 1. The third-order valence-electron chi connectivity index (χ3n) is 3.69. The van der Waals surface area contributed by atoms with Crippen LogP contribution in [0.15, 0.2) is 51.9 Å². The molecule has 0 atom stereocenters. The van der Waals surface area contributed by atoms with Crippen LogP contribution in [0.3, 0.4) is 0 Å². The van der Waals surface area contributed by atoms with Crippen molar-refractivity contribution in [3.05, 3.63) is 63.6 Å². The molecule has 0 saturated carbocycles. The monoisotopic (exact) mass is 402 g/mol. The molecule has 6 heteroatoms. The van der Waals surface area contributed by atoms with Gasteiger partial charge in [0.15, 0.2) is 5.96 Å². The van der Waals surface area contributed by atoms with Crippen LogP contribution in [0.2, 0.25) is 0 Å². The van der Waals surface area contributed by atoms with Gasteiger partial charge in [-0.15, -0.1) is 0 Å². The van der Waals surface area contributed by atoms with Crippen molar-refractivity contribution in [2.75, 3.05) is 18.9 Å².